The molecular weight excluding hydrogens is 259 g/mol. The van der Waals surface area contributed by atoms with Crippen molar-refractivity contribution in [1.29, 1.82) is 0 Å². The monoisotopic (exact) mass is 274 g/mol. The number of hydrogen-bond acceptors (Lipinski definition) is 3. The Morgan fingerprint density at radius 3 is 2.53 bits per heavy atom. The summed E-state index contributed by atoms with van der Waals surface area (Å²) in [6, 6.07) is 10.0. The molecule has 1 aromatic rings. The molecular formula is C11H14O3Se. The Balaban J connectivity index is 2.50. The van der Waals surface area contributed by atoms with E-state index >= 15 is 0 Å². The normalized spacial score (nSPS) is 12.1. The van der Waals surface area contributed by atoms with E-state index in [9.17, 15) is 4.79 Å². The zero-order valence-electron chi connectivity index (χ0n) is 8.80. The van der Waals surface area contributed by atoms with E-state index in [0.29, 0.717) is 6.42 Å². The van der Waals surface area contributed by atoms with E-state index in [1.807, 2.05) is 30.3 Å². The van der Waals surface area contributed by atoms with Gasteiger partial charge in [0.25, 0.3) is 0 Å². The van der Waals surface area contributed by atoms with Crippen LogP contribution in [0.15, 0.2) is 30.3 Å². The standard InChI is InChI=1S/C11H14O3Se/c1-13-10(12)8-11(14-2)15-9-6-4-3-5-7-9/h3-7,11H,8H2,1-2H3. The van der Waals surface area contributed by atoms with Gasteiger partial charge in [-0.2, -0.15) is 0 Å². The van der Waals surface area contributed by atoms with Crippen LogP contribution in [0.2, 0.25) is 0 Å². The molecule has 1 aromatic carbocycles. The molecule has 1 atom stereocenters. The molecule has 0 aliphatic carbocycles. The van der Waals surface area contributed by atoms with Gasteiger partial charge in [-0.3, -0.25) is 0 Å². The molecule has 4 heteroatoms. The molecule has 0 saturated carbocycles. The quantitative estimate of drug-likeness (QED) is 0.580. The Morgan fingerprint density at radius 1 is 1.33 bits per heavy atom. The van der Waals surface area contributed by atoms with Crippen LogP contribution in [0.5, 0.6) is 0 Å². The van der Waals surface area contributed by atoms with Gasteiger partial charge >= 0.3 is 95.6 Å². The molecule has 0 aromatic heterocycles. The summed E-state index contributed by atoms with van der Waals surface area (Å²) < 4.78 is 11.1. The fourth-order valence-electron chi connectivity index (χ4n) is 1.04. The van der Waals surface area contributed by atoms with Gasteiger partial charge in [-0.15, -0.1) is 0 Å². The van der Waals surface area contributed by atoms with Crippen molar-refractivity contribution in [3.8, 4) is 0 Å². The van der Waals surface area contributed by atoms with Crippen LogP contribution in [0, 0.1) is 0 Å². The average molecular weight is 273 g/mol. The predicted octanol–water partition coefficient (Wildman–Crippen LogP) is 0.552. The topological polar surface area (TPSA) is 35.5 Å². The van der Waals surface area contributed by atoms with E-state index < -0.39 is 0 Å². The van der Waals surface area contributed by atoms with Gasteiger partial charge in [0.15, 0.2) is 0 Å². The van der Waals surface area contributed by atoms with E-state index in [0.717, 1.165) is 0 Å². The Bertz CT molecular complexity index is 300. The first kappa shape index (κ1) is 12.2. The Morgan fingerprint density at radius 2 is 2.00 bits per heavy atom. The molecule has 1 unspecified atom stereocenters. The molecule has 0 saturated heterocycles. The third kappa shape index (κ3) is 4.47. The molecule has 0 heterocycles. The van der Waals surface area contributed by atoms with E-state index in [2.05, 4.69) is 4.74 Å². The summed E-state index contributed by atoms with van der Waals surface area (Å²) in [5, 5.41) is -0.0488. The minimum absolute atomic E-state index is 0.0488. The molecule has 82 valence electrons. The number of benzene rings is 1. The molecule has 0 aliphatic rings. The average Bonchev–Trinajstić information content (AvgIpc) is 2.29. The van der Waals surface area contributed by atoms with E-state index in [4.69, 9.17) is 4.74 Å². The molecule has 3 nitrogen and oxygen atoms in total. The molecule has 0 bridgehead atoms. The van der Waals surface area contributed by atoms with Crippen molar-refractivity contribution in [3.63, 3.8) is 0 Å². The van der Waals surface area contributed by atoms with Gasteiger partial charge in [-0.1, -0.05) is 0 Å². The molecule has 0 fully saturated rings. The first-order valence-corrected chi connectivity index (χ1v) is 6.42. The number of carbonyl (C=O) groups excluding carboxylic acids is 1. The van der Waals surface area contributed by atoms with Crippen LogP contribution in [0.25, 0.3) is 0 Å². The van der Waals surface area contributed by atoms with Gasteiger partial charge in [-0.05, 0) is 0 Å². The summed E-state index contributed by atoms with van der Waals surface area (Å²) in [6.07, 6.45) is 0.321. The summed E-state index contributed by atoms with van der Waals surface area (Å²) in [5.74, 6) is -0.223. The van der Waals surface area contributed by atoms with Crippen molar-refractivity contribution < 1.29 is 14.3 Å². The van der Waals surface area contributed by atoms with Gasteiger partial charge in [0.05, 0.1) is 0 Å². The number of carbonyl (C=O) groups is 1. The number of esters is 1. The van der Waals surface area contributed by atoms with Crippen molar-refractivity contribution >= 4 is 25.4 Å². The summed E-state index contributed by atoms with van der Waals surface area (Å²) in [5.41, 5.74) is 0. The van der Waals surface area contributed by atoms with Crippen LogP contribution in [-0.2, 0) is 14.3 Å². The first-order valence-electron chi connectivity index (χ1n) is 4.57. The van der Waals surface area contributed by atoms with E-state index in [-0.39, 0.29) is 25.9 Å². The van der Waals surface area contributed by atoms with Crippen molar-refractivity contribution in [2.24, 2.45) is 0 Å². The van der Waals surface area contributed by atoms with Gasteiger partial charge in [-0.25, -0.2) is 0 Å². The van der Waals surface area contributed by atoms with Gasteiger partial charge in [0.2, 0.25) is 0 Å². The van der Waals surface area contributed by atoms with Crippen molar-refractivity contribution in [3.05, 3.63) is 30.3 Å². The second-order valence-electron chi connectivity index (χ2n) is 2.88. The minimum atomic E-state index is -0.223. The first-order chi connectivity index (χ1) is 7.26. The molecule has 1 rings (SSSR count). The maximum atomic E-state index is 11.1. The van der Waals surface area contributed by atoms with Gasteiger partial charge < -0.3 is 0 Å². The zero-order valence-corrected chi connectivity index (χ0v) is 10.5. The van der Waals surface area contributed by atoms with Crippen LogP contribution in [0.1, 0.15) is 6.42 Å². The maximum absolute atomic E-state index is 11.1. The zero-order chi connectivity index (χ0) is 11.1. The molecule has 0 radical (unpaired) electrons. The summed E-state index contributed by atoms with van der Waals surface area (Å²) in [6.45, 7) is 0. The van der Waals surface area contributed by atoms with E-state index in [1.54, 1.807) is 7.11 Å². The SMILES string of the molecule is COC(=O)CC(OC)[Se]c1ccccc1. The Hall–Kier alpha value is -0.831. The number of methoxy groups -OCH3 is 2. The predicted molar refractivity (Wildman–Crippen MR) is 59.3 cm³/mol. The molecule has 15 heavy (non-hydrogen) atoms. The van der Waals surface area contributed by atoms with Crippen LogP contribution in [-0.4, -0.2) is 40.1 Å². The van der Waals surface area contributed by atoms with Gasteiger partial charge in [0, 0.05) is 0 Å². The summed E-state index contributed by atoms with van der Waals surface area (Å²) in [4.78, 5) is 11.1. The van der Waals surface area contributed by atoms with Crippen LogP contribution < -0.4 is 4.46 Å². The van der Waals surface area contributed by atoms with E-state index in [1.165, 1.54) is 11.6 Å². The Kier molecular flexibility index (Phi) is 5.40. The van der Waals surface area contributed by atoms with Crippen LogP contribution in [0.4, 0.5) is 0 Å². The Labute approximate surface area is 95.9 Å². The van der Waals surface area contributed by atoms with Crippen LogP contribution in [0.3, 0.4) is 0 Å². The van der Waals surface area contributed by atoms with Crippen molar-refractivity contribution in [2.75, 3.05) is 14.2 Å². The van der Waals surface area contributed by atoms with Crippen LogP contribution >= 0.6 is 0 Å². The second kappa shape index (κ2) is 6.62. The third-order valence-corrected chi connectivity index (χ3v) is 4.28. The molecule has 0 N–H and O–H groups in total. The fraction of sp³-hybridized carbons (Fsp3) is 0.364. The molecule has 0 amide bonds. The number of hydrogen-bond donors (Lipinski definition) is 0. The molecule has 0 aliphatic heterocycles. The number of rotatable bonds is 5. The van der Waals surface area contributed by atoms with Crippen molar-refractivity contribution in [1.82, 2.24) is 0 Å². The number of ether oxygens (including phenoxy) is 2. The summed E-state index contributed by atoms with van der Waals surface area (Å²) in [7, 11) is 3.02. The van der Waals surface area contributed by atoms with Crippen molar-refractivity contribution in [2.45, 2.75) is 11.4 Å². The second-order valence-corrected chi connectivity index (χ2v) is 5.46. The summed E-state index contributed by atoms with van der Waals surface area (Å²) >= 11 is 0.143. The van der Waals surface area contributed by atoms with Gasteiger partial charge in [0.1, 0.15) is 0 Å². The fourth-order valence-corrected chi connectivity index (χ4v) is 3.00. The molecule has 0 spiro atoms. The third-order valence-electron chi connectivity index (χ3n) is 1.83.